The van der Waals surface area contributed by atoms with Gasteiger partial charge in [0.15, 0.2) is 0 Å². The van der Waals surface area contributed by atoms with E-state index in [1.807, 2.05) is 11.8 Å². The Labute approximate surface area is 102 Å². The summed E-state index contributed by atoms with van der Waals surface area (Å²) in [6, 6.07) is 2.14. The van der Waals surface area contributed by atoms with Crippen LogP contribution in [0, 0.1) is 12.8 Å². The number of aromatic nitrogens is 1. The molecule has 17 heavy (non-hydrogen) atoms. The first-order valence-electron chi connectivity index (χ1n) is 6.32. The minimum absolute atomic E-state index is 0.00579. The highest BCUT2D eigenvalue weighted by atomic mass is 16.5. The number of hydrogen-bond acceptors (Lipinski definition) is 3. The predicted molar refractivity (Wildman–Crippen MR) is 64.8 cm³/mol. The molecule has 1 aliphatic rings. The molecule has 0 atom stereocenters. The maximum Gasteiger partial charge on any atom is 0.292 e. The van der Waals surface area contributed by atoms with Crippen molar-refractivity contribution in [1.29, 1.82) is 0 Å². The van der Waals surface area contributed by atoms with Crippen molar-refractivity contribution in [2.75, 3.05) is 6.54 Å². The Bertz CT molecular complexity index is 394. The highest BCUT2D eigenvalue weighted by Gasteiger charge is 2.34. The number of amides is 1. The van der Waals surface area contributed by atoms with Crippen LogP contribution in [0.3, 0.4) is 0 Å². The van der Waals surface area contributed by atoms with E-state index in [-0.39, 0.29) is 5.91 Å². The zero-order chi connectivity index (χ0) is 12.4. The van der Waals surface area contributed by atoms with Crippen molar-refractivity contribution in [3.63, 3.8) is 0 Å². The Kier molecular flexibility index (Phi) is 3.50. The molecule has 1 saturated carbocycles. The van der Waals surface area contributed by atoms with E-state index in [4.69, 9.17) is 4.52 Å². The molecule has 2 rings (SSSR count). The van der Waals surface area contributed by atoms with Crippen LogP contribution in [0.25, 0.3) is 0 Å². The van der Waals surface area contributed by atoms with Gasteiger partial charge in [-0.05, 0) is 32.1 Å². The molecule has 1 fully saturated rings. The van der Waals surface area contributed by atoms with Gasteiger partial charge in [0, 0.05) is 18.7 Å². The van der Waals surface area contributed by atoms with Gasteiger partial charge in [-0.15, -0.1) is 0 Å². The molecule has 0 spiro atoms. The molecule has 1 amide bonds. The maximum atomic E-state index is 12.2. The lowest BCUT2D eigenvalue weighted by molar-refractivity contribution is 0.0693. The van der Waals surface area contributed by atoms with Crippen molar-refractivity contribution in [2.24, 2.45) is 5.92 Å². The van der Waals surface area contributed by atoms with Gasteiger partial charge in [-0.2, -0.15) is 0 Å². The van der Waals surface area contributed by atoms with Crippen molar-refractivity contribution >= 4 is 5.91 Å². The van der Waals surface area contributed by atoms with Crippen LogP contribution in [-0.4, -0.2) is 28.6 Å². The first-order valence-corrected chi connectivity index (χ1v) is 6.32. The topological polar surface area (TPSA) is 46.3 Å². The number of aryl methyl sites for hydroxylation is 1. The van der Waals surface area contributed by atoms with Crippen LogP contribution in [0.2, 0.25) is 0 Å². The van der Waals surface area contributed by atoms with Gasteiger partial charge in [0.2, 0.25) is 5.76 Å². The summed E-state index contributed by atoms with van der Waals surface area (Å²) in [6.07, 6.45) is 3.28. The van der Waals surface area contributed by atoms with E-state index in [1.165, 1.54) is 0 Å². The molecule has 0 unspecified atom stereocenters. The summed E-state index contributed by atoms with van der Waals surface area (Å²) in [5.41, 5.74) is 0.757. The van der Waals surface area contributed by atoms with Gasteiger partial charge in [-0.3, -0.25) is 4.79 Å². The monoisotopic (exact) mass is 236 g/mol. The molecule has 1 aromatic rings. The Hall–Kier alpha value is -1.32. The van der Waals surface area contributed by atoms with Crippen LogP contribution < -0.4 is 0 Å². The quantitative estimate of drug-likeness (QED) is 0.789. The maximum absolute atomic E-state index is 12.2. The van der Waals surface area contributed by atoms with Gasteiger partial charge in [0.05, 0.1) is 5.69 Å². The summed E-state index contributed by atoms with van der Waals surface area (Å²) in [5.74, 6) is 0.979. The van der Waals surface area contributed by atoms with Crippen LogP contribution >= 0.6 is 0 Å². The van der Waals surface area contributed by atoms with Gasteiger partial charge in [0.1, 0.15) is 0 Å². The largest absolute Gasteiger partial charge is 0.351 e. The lowest BCUT2D eigenvalue weighted by Gasteiger charge is -2.21. The van der Waals surface area contributed by atoms with Crippen molar-refractivity contribution in [2.45, 2.75) is 46.1 Å². The van der Waals surface area contributed by atoms with Gasteiger partial charge < -0.3 is 9.42 Å². The summed E-state index contributed by atoms with van der Waals surface area (Å²) in [6.45, 7) is 7.00. The summed E-state index contributed by atoms with van der Waals surface area (Å²) >= 11 is 0. The lowest BCUT2D eigenvalue weighted by atomic mass is 10.1. The highest BCUT2D eigenvalue weighted by molar-refractivity contribution is 5.91. The second-order valence-electron chi connectivity index (χ2n) is 5.24. The number of nitrogens with zero attached hydrogens (tertiary/aromatic N) is 2. The number of carbonyl (C=O) groups excluding carboxylic acids is 1. The van der Waals surface area contributed by atoms with E-state index in [0.29, 0.717) is 17.7 Å². The fourth-order valence-electron chi connectivity index (χ4n) is 1.84. The second-order valence-corrected chi connectivity index (χ2v) is 5.24. The third kappa shape index (κ3) is 3.08. The van der Waals surface area contributed by atoms with E-state index < -0.39 is 0 Å². The molecule has 1 aromatic heterocycles. The fourth-order valence-corrected chi connectivity index (χ4v) is 1.84. The summed E-state index contributed by atoms with van der Waals surface area (Å²) in [4.78, 5) is 14.2. The van der Waals surface area contributed by atoms with Crippen molar-refractivity contribution in [3.05, 3.63) is 17.5 Å². The smallest absolute Gasteiger partial charge is 0.292 e. The van der Waals surface area contributed by atoms with Crippen LogP contribution in [-0.2, 0) is 0 Å². The molecule has 0 N–H and O–H groups in total. The van der Waals surface area contributed by atoms with Crippen molar-refractivity contribution in [1.82, 2.24) is 10.1 Å². The van der Waals surface area contributed by atoms with Gasteiger partial charge in [-0.1, -0.05) is 19.0 Å². The van der Waals surface area contributed by atoms with Crippen LogP contribution in [0.4, 0.5) is 0 Å². The van der Waals surface area contributed by atoms with Crippen molar-refractivity contribution in [3.8, 4) is 0 Å². The molecule has 94 valence electrons. The van der Waals surface area contributed by atoms with E-state index in [9.17, 15) is 4.79 Å². The minimum atomic E-state index is -0.00579. The molecule has 0 aromatic carbocycles. The Morgan fingerprint density at radius 1 is 1.59 bits per heavy atom. The normalized spacial score (nSPS) is 15.3. The van der Waals surface area contributed by atoms with Gasteiger partial charge >= 0.3 is 0 Å². The van der Waals surface area contributed by atoms with E-state index in [1.54, 1.807) is 6.07 Å². The summed E-state index contributed by atoms with van der Waals surface area (Å²) < 4.78 is 5.05. The molecular formula is C13H20N2O2. The first kappa shape index (κ1) is 12.1. The Morgan fingerprint density at radius 3 is 2.76 bits per heavy atom. The number of hydrogen-bond donors (Lipinski definition) is 0. The highest BCUT2D eigenvalue weighted by Crippen LogP contribution is 2.29. The van der Waals surface area contributed by atoms with Crippen LogP contribution in [0.15, 0.2) is 10.6 Å². The summed E-state index contributed by atoms with van der Waals surface area (Å²) in [5, 5.41) is 3.77. The third-order valence-electron chi connectivity index (χ3n) is 3.03. The van der Waals surface area contributed by atoms with E-state index in [0.717, 1.165) is 31.5 Å². The Morgan fingerprint density at radius 2 is 2.29 bits per heavy atom. The average Bonchev–Trinajstić information content (AvgIpc) is 3.00. The zero-order valence-electron chi connectivity index (χ0n) is 10.8. The molecule has 0 saturated heterocycles. The fraction of sp³-hybridized carbons (Fsp3) is 0.692. The zero-order valence-corrected chi connectivity index (χ0v) is 10.8. The lowest BCUT2D eigenvalue weighted by Crippen LogP contribution is -2.34. The second kappa shape index (κ2) is 4.90. The molecule has 4 heteroatoms. The van der Waals surface area contributed by atoms with E-state index in [2.05, 4.69) is 19.0 Å². The third-order valence-corrected chi connectivity index (χ3v) is 3.03. The molecule has 0 radical (unpaired) electrons. The van der Waals surface area contributed by atoms with Gasteiger partial charge in [0.25, 0.3) is 5.91 Å². The first-order chi connectivity index (χ1) is 8.08. The van der Waals surface area contributed by atoms with Gasteiger partial charge in [-0.25, -0.2) is 0 Å². The molecule has 4 nitrogen and oxygen atoms in total. The minimum Gasteiger partial charge on any atom is -0.351 e. The van der Waals surface area contributed by atoms with E-state index >= 15 is 0 Å². The van der Waals surface area contributed by atoms with Crippen molar-refractivity contribution < 1.29 is 9.32 Å². The molecular weight excluding hydrogens is 216 g/mol. The average molecular weight is 236 g/mol. The molecule has 1 heterocycles. The predicted octanol–water partition coefficient (Wildman–Crippen LogP) is 2.63. The van der Waals surface area contributed by atoms with Crippen LogP contribution in [0.1, 0.15) is 49.4 Å². The number of carbonyl (C=O) groups is 1. The number of rotatable bonds is 5. The molecule has 0 aliphatic heterocycles. The molecule has 1 aliphatic carbocycles. The SMILES string of the molecule is Cc1cc(C(=O)N(CCC(C)C)C2CC2)on1. The molecule has 0 bridgehead atoms. The standard InChI is InChI=1S/C13H20N2O2/c1-9(2)6-7-15(11-4-5-11)13(16)12-8-10(3)14-17-12/h8-9,11H,4-7H2,1-3H3. The summed E-state index contributed by atoms with van der Waals surface area (Å²) in [7, 11) is 0. The Balaban J connectivity index is 2.02. The van der Waals surface area contributed by atoms with Crippen LogP contribution in [0.5, 0.6) is 0 Å².